The smallest absolute Gasteiger partial charge is 0.255 e. The number of hydrogen-bond acceptors (Lipinski definition) is 5. The molecular weight excluding hydrogens is 452 g/mol. The quantitative estimate of drug-likeness (QED) is 0.445. The van der Waals surface area contributed by atoms with Gasteiger partial charge in [-0.15, -0.1) is 0 Å². The molecule has 8 heteroatoms. The first kappa shape index (κ1) is 23.2. The Labute approximate surface area is 210 Å². The number of aliphatic hydroxyl groups is 1. The molecule has 1 amide bonds. The maximum Gasteiger partial charge on any atom is 0.255 e. The largest absolute Gasteiger partial charge is 0.387 e. The molecule has 8 nitrogen and oxygen atoms in total. The van der Waals surface area contributed by atoms with Crippen molar-refractivity contribution in [1.82, 2.24) is 24.1 Å². The van der Waals surface area contributed by atoms with E-state index in [1.165, 1.54) is 12.8 Å². The molecule has 1 aliphatic carbocycles. The van der Waals surface area contributed by atoms with Gasteiger partial charge in [-0.25, -0.2) is 9.50 Å². The highest BCUT2D eigenvalue weighted by Gasteiger charge is 2.37. The number of carbonyl (C=O) groups is 1. The van der Waals surface area contributed by atoms with E-state index in [9.17, 15) is 9.90 Å². The Morgan fingerprint density at radius 2 is 2.00 bits per heavy atom. The van der Waals surface area contributed by atoms with E-state index in [1.807, 2.05) is 46.8 Å². The summed E-state index contributed by atoms with van der Waals surface area (Å²) in [6.45, 7) is 9.50. The number of likely N-dealkylation sites (tertiary alicyclic amines) is 1. The van der Waals surface area contributed by atoms with Crippen LogP contribution in [0, 0.1) is 18.8 Å². The minimum atomic E-state index is -0.620. The standard InChI is InChI=1S/C28H34N6O2/c1-15-12-32(17(3)25(15)29)28(36)21-8-10-23-16(2)26(31-34(23)14-21)24-11-20-7-9-22(18(4)35)30-27(20)33(24)13-19-5-6-19/h7-11,14-15,17-19,25,35H,5-6,12-13,29H2,1-4H3. The van der Waals surface area contributed by atoms with Crippen molar-refractivity contribution in [3.63, 3.8) is 0 Å². The number of hydrogen-bond donors (Lipinski definition) is 2. The Morgan fingerprint density at radius 1 is 1.22 bits per heavy atom. The number of nitrogens with zero attached hydrogens (tertiary/aromatic N) is 5. The summed E-state index contributed by atoms with van der Waals surface area (Å²) >= 11 is 0. The van der Waals surface area contributed by atoms with Crippen LogP contribution >= 0.6 is 0 Å². The summed E-state index contributed by atoms with van der Waals surface area (Å²) in [5, 5.41) is 16.1. The van der Waals surface area contributed by atoms with Gasteiger partial charge in [-0.05, 0) is 75.8 Å². The van der Waals surface area contributed by atoms with Crippen molar-refractivity contribution in [2.75, 3.05) is 6.54 Å². The predicted octanol–water partition coefficient (Wildman–Crippen LogP) is 3.93. The lowest BCUT2D eigenvalue weighted by molar-refractivity contribution is 0.0739. The fraction of sp³-hybridized carbons (Fsp3) is 0.464. The lowest BCUT2D eigenvalue weighted by atomic mass is 10.0. The molecule has 0 radical (unpaired) electrons. The van der Waals surface area contributed by atoms with Crippen molar-refractivity contribution in [3.8, 4) is 11.4 Å². The van der Waals surface area contributed by atoms with Crippen LogP contribution in [-0.2, 0) is 6.54 Å². The molecule has 5 heterocycles. The van der Waals surface area contributed by atoms with Gasteiger partial charge in [0.25, 0.3) is 5.91 Å². The second-order valence-corrected chi connectivity index (χ2v) is 10.9. The van der Waals surface area contributed by atoms with Gasteiger partial charge >= 0.3 is 0 Å². The Balaban J connectivity index is 1.43. The van der Waals surface area contributed by atoms with Crippen molar-refractivity contribution in [1.29, 1.82) is 0 Å². The highest BCUT2D eigenvalue weighted by molar-refractivity contribution is 5.95. The zero-order valence-corrected chi connectivity index (χ0v) is 21.3. The lowest BCUT2D eigenvalue weighted by Crippen LogP contribution is -2.41. The SMILES string of the molecule is Cc1c(-c2cc3ccc(C(C)O)nc3n2CC2CC2)nn2cc(C(=O)N3CC(C)C(N)C3C)ccc12. The maximum absolute atomic E-state index is 13.3. The lowest BCUT2D eigenvalue weighted by Gasteiger charge is -2.23. The van der Waals surface area contributed by atoms with Gasteiger partial charge < -0.3 is 20.3 Å². The Kier molecular flexibility index (Phi) is 5.42. The third kappa shape index (κ3) is 3.71. The van der Waals surface area contributed by atoms with Gasteiger partial charge in [-0.3, -0.25) is 4.79 Å². The van der Waals surface area contributed by atoms with E-state index < -0.39 is 6.10 Å². The highest BCUT2D eigenvalue weighted by Crippen LogP contribution is 2.37. The average Bonchev–Trinajstić information content (AvgIpc) is 3.47. The summed E-state index contributed by atoms with van der Waals surface area (Å²) in [7, 11) is 0. The monoisotopic (exact) mass is 486 g/mol. The number of fused-ring (bicyclic) bond motifs is 2. The molecule has 3 N–H and O–H groups in total. The molecule has 4 atom stereocenters. The average molecular weight is 487 g/mol. The molecule has 0 spiro atoms. The number of nitrogens with two attached hydrogens (primary N) is 1. The summed E-state index contributed by atoms with van der Waals surface area (Å²) in [5.74, 6) is 0.924. The zero-order chi connectivity index (χ0) is 25.3. The summed E-state index contributed by atoms with van der Waals surface area (Å²) in [6.07, 6.45) is 3.67. The van der Waals surface area contributed by atoms with E-state index in [0.717, 1.165) is 40.0 Å². The Hall–Kier alpha value is -3.23. The van der Waals surface area contributed by atoms with Crippen LogP contribution in [0.5, 0.6) is 0 Å². The van der Waals surface area contributed by atoms with Gasteiger partial charge in [0.15, 0.2) is 0 Å². The predicted molar refractivity (Wildman–Crippen MR) is 140 cm³/mol. The third-order valence-electron chi connectivity index (χ3n) is 8.15. The normalized spacial score (nSPS) is 23.2. The van der Waals surface area contributed by atoms with E-state index in [-0.39, 0.29) is 23.9 Å². The number of aliphatic hydroxyl groups excluding tert-OH is 1. The van der Waals surface area contributed by atoms with Gasteiger partial charge in [-0.2, -0.15) is 5.10 Å². The van der Waals surface area contributed by atoms with E-state index in [2.05, 4.69) is 24.5 Å². The molecule has 6 rings (SSSR count). The van der Waals surface area contributed by atoms with Crippen molar-refractivity contribution in [2.24, 2.45) is 17.6 Å². The van der Waals surface area contributed by atoms with E-state index in [4.69, 9.17) is 15.8 Å². The number of carbonyl (C=O) groups excluding carboxylic acids is 1. The summed E-state index contributed by atoms with van der Waals surface area (Å²) in [4.78, 5) is 20.0. The molecule has 4 unspecified atom stereocenters. The molecular formula is C28H34N6O2. The fourth-order valence-corrected chi connectivity index (χ4v) is 5.57. The molecule has 4 aromatic rings. The van der Waals surface area contributed by atoms with Gasteiger partial charge in [0, 0.05) is 42.3 Å². The second kappa shape index (κ2) is 8.42. The molecule has 1 aliphatic heterocycles. The molecule has 4 aromatic heterocycles. The maximum atomic E-state index is 13.3. The fourth-order valence-electron chi connectivity index (χ4n) is 5.57. The van der Waals surface area contributed by atoms with Crippen LogP contribution in [0.15, 0.2) is 36.5 Å². The second-order valence-electron chi connectivity index (χ2n) is 10.9. The topological polar surface area (TPSA) is 102 Å². The van der Waals surface area contributed by atoms with Crippen LogP contribution in [0.2, 0.25) is 0 Å². The van der Waals surface area contributed by atoms with Crippen LogP contribution < -0.4 is 5.73 Å². The van der Waals surface area contributed by atoms with Crippen molar-refractivity contribution in [2.45, 2.75) is 65.3 Å². The molecule has 2 fully saturated rings. The molecule has 1 saturated carbocycles. The van der Waals surface area contributed by atoms with Crippen molar-refractivity contribution < 1.29 is 9.90 Å². The van der Waals surface area contributed by atoms with Crippen LogP contribution in [-0.4, -0.2) is 53.7 Å². The van der Waals surface area contributed by atoms with Gasteiger partial charge in [0.2, 0.25) is 0 Å². The van der Waals surface area contributed by atoms with E-state index >= 15 is 0 Å². The minimum Gasteiger partial charge on any atom is -0.387 e. The molecule has 188 valence electrons. The number of aromatic nitrogens is 4. The number of rotatable bonds is 5. The number of amides is 1. The molecule has 1 saturated heterocycles. The third-order valence-corrected chi connectivity index (χ3v) is 8.15. The van der Waals surface area contributed by atoms with Crippen molar-refractivity contribution >= 4 is 22.5 Å². The molecule has 2 aliphatic rings. The summed E-state index contributed by atoms with van der Waals surface area (Å²) < 4.78 is 4.09. The first-order chi connectivity index (χ1) is 17.2. The minimum absolute atomic E-state index is 0.00315. The summed E-state index contributed by atoms with van der Waals surface area (Å²) in [5.41, 5.74) is 12.4. The van der Waals surface area contributed by atoms with E-state index in [1.54, 1.807) is 6.92 Å². The van der Waals surface area contributed by atoms with Gasteiger partial charge in [0.1, 0.15) is 11.3 Å². The van der Waals surface area contributed by atoms with Crippen LogP contribution in [0.4, 0.5) is 0 Å². The van der Waals surface area contributed by atoms with Crippen LogP contribution in [0.3, 0.4) is 0 Å². The van der Waals surface area contributed by atoms with E-state index in [0.29, 0.717) is 23.7 Å². The molecule has 0 aromatic carbocycles. The highest BCUT2D eigenvalue weighted by atomic mass is 16.3. The van der Waals surface area contributed by atoms with Crippen LogP contribution in [0.25, 0.3) is 27.9 Å². The van der Waals surface area contributed by atoms with Crippen LogP contribution in [0.1, 0.15) is 61.3 Å². The first-order valence-electron chi connectivity index (χ1n) is 13.0. The first-order valence-corrected chi connectivity index (χ1v) is 13.0. The summed E-state index contributed by atoms with van der Waals surface area (Å²) in [6, 6.07) is 9.95. The Bertz CT molecular complexity index is 1480. The van der Waals surface area contributed by atoms with Gasteiger partial charge in [0.05, 0.1) is 28.6 Å². The number of pyridine rings is 2. The molecule has 0 bridgehead atoms. The Morgan fingerprint density at radius 3 is 2.67 bits per heavy atom. The zero-order valence-electron chi connectivity index (χ0n) is 21.3. The molecule has 36 heavy (non-hydrogen) atoms. The van der Waals surface area contributed by atoms with Crippen molar-refractivity contribution in [3.05, 3.63) is 53.3 Å². The number of aryl methyl sites for hydroxylation is 1. The van der Waals surface area contributed by atoms with Gasteiger partial charge in [-0.1, -0.05) is 6.92 Å².